The predicted octanol–water partition coefficient (Wildman–Crippen LogP) is 1.57. The first-order valence-corrected chi connectivity index (χ1v) is 10.9. The van der Waals surface area contributed by atoms with Gasteiger partial charge in [0.25, 0.3) is 0 Å². The molecular weight excluding hydrogens is 368 g/mol. The fourth-order valence-electron chi connectivity index (χ4n) is 4.78. The van der Waals surface area contributed by atoms with Crippen LogP contribution in [0.15, 0.2) is 0 Å². The summed E-state index contributed by atoms with van der Waals surface area (Å²) in [5.41, 5.74) is 2.01. The Morgan fingerprint density at radius 3 is 2.55 bits per heavy atom. The Labute approximate surface area is 172 Å². The fraction of sp³-hybridized carbons (Fsp3) is 0.714. The summed E-state index contributed by atoms with van der Waals surface area (Å²) in [5.74, 6) is 1.81. The number of carbonyl (C=O) groups excluding carboxylic acids is 2. The van der Waals surface area contributed by atoms with Crippen molar-refractivity contribution in [3.8, 4) is 0 Å². The Morgan fingerprint density at radius 1 is 1.07 bits per heavy atom. The van der Waals surface area contributed by atoms with Crippen LogP contribution in [0.2, 0.25) is 0 Å². The molecule has 2 saturated heterocycles. The lowest BCUT2D eigenvalue weighted by molar-refractivity contribution is -0.136. The van der Waals surface area contributed by atoms with Gasteiger partial charge >= 0.3 is 0 Å². The van der Waals surface area contributed by atoms with Crippen molar-refractivity contribution in [3.05, 3.63) is 17.1 Å². The molecule has 1 aromatic heterocycles. The molecule has 4 rings (SSSR count). The molecular formula is C21H32N6O2. The molecule has 2 amide bonds. The molecule has 0 radical (unpaired) electrons. The molecule has 158 valence electrons. The zero-order valence-electron chi connectivity index (χ0n) is 17.6. The van der Waals surface area contributed by atoms with Gasteiger partial charge in [0, 0.05) is 39.0 Å². The van der Waals surface area contributed by atoms with Crippen molar-refractivity contribution < 1.29 is 9.59 Å². The summed E-state index contributed by atoms with van der Waals surface area (Å²) in [7, 11) is 1.86. The molecule has 8 heteroatoms. The van der Waals surface area contributed by atoms with E-state index >= 15 is 0 Å². The topological polar surface area (TPSA) is 81.7 Å². The number of nitrogens with one attached hydrogen (secondary N) is 1. The van der Waals surface area contributed by atoms with Gasteiger partial charge in [-0.1, -0.05) is 0 Å². The second kappa shape index (κ2) is 8.65. The second-order valence-corrected chi connectivity index (χ2v) is 8.38. The van der Waals surface area contributed by atoms with Crippen molar-refractivity contribution in [2.75, 3.05) is 45.1 Å². The highest BCUT2D eigenvalue weighted by atomic mass is 16.2. The van der Waals surface area contributed by atoms with E-state index in [1.54, 1.807) is 6.92 Å². The lowest BCUT2D eigenvalue weighted by Crippen LogP contribution is -2.44. The Hall–Kier alpha value is -2.22. The third-order valence-electron chi connectivity index (χ3n) is 6.44. The molecule has 0 bridgehead atoms. The number of fused-ring (bicyclic) bond motifs is 1. The van der Waals surface area contributed by atoms with Gasteiger partial charge in [-0.05, 0) is 45.2 Å². The number of anilines is 1. The van der Waals surface area contributed by atoms with Gasteiger partial charge in [-0.3, -0.25) is 14.5 Å². The molecule has 0 aromatic carbocycles. The molecule has 0 unspecified atom stereocenters. The van der Waals surface area contributed by atoms with Gasteiger partial charge in [0.05, 0.1) is 24.8 Å². The van der Waals surface area contributed by atoms with Crippen molar-refractivity contribution in [2.45, 2.75) is 58.0 Å². The first kappa shape index (κ1) is 20.1. The van der Waals surface area contributed by atoms with Crippen LogP contribution in [0.3, 0.4) is 0 Å². The average Bonchev–Trinajstić information content (AvgIpc) is 3.25. The van der Waals surface area contributed by atoms with Crippen LogP contribution in [0.4, 0.5) is 5.82 Å². The Kier molecular flexibility index (Phi) is 5.99. The zero-order valence-corrected chi connectivity index (χ0v) is 17.6. The summed E-state index contributed by atoms with van der Waals surface area (Å²) in [4.78, 5) is 40.7. The molecule has 3 aliphatic rings. The van der Waals surface area contributed by atoms with E-state index in [0.29, 0.717) is 19.6 Å². The SMILES string of the molecule is CNc1nc([C@@H]2CCCCN2C(=O)CN2CCCC2)nc2c1CN(C(C)=O)CC2. The Morgan fingerprint density at radius 2 is 1.83 bits per heavy atom. The normalized spacial score (nSPS) is 22.5. The highest BCUT2D eigenvalue weighted by molar-refractivity contribution is 5.79. The van der Waals surface area contributed by atoms with Gasteiger partial charge in [-0.2, -0.15) is 0 Å². The summed E-state index contributed by atoms with van der Waals surface area (Å²) >= 11 is 0. The Balaban J connectivity index is 1.58. The van der Waals surface area contributed by atoms with Crippen LogP contribution < -0.4 is 5.32 Å². The first-order valence-electron chi connectivity index (χ1n) is 10.9. The lowest BCUT2D eigenvalue weighted by atomic mass is 9.99. The number of likely N-dealkylation sites (tertiary alicyclic amines) is 2. The Bertz CT molecular complexity index is 759. The minimum atomic E-state index is -0.0536. The molecule has 3 aliphatic heterocycles. The van der Waals surface area contributed by atoms with Crippen molar-refractivity contribution >= 4 is 17.6 Å². The highest BCUT2D eigenvalue weighted by Gasteiger charge is 2.33. The third kappa shape index (κ3) is 4.22. The monoisotopic (exact) mass is 400 g/mol. The van der Waals surface area contributed by atoms with Crippen molar-refractivity contribution in [1.29, 1.82) is 0 Å². The van der Waals surface area contributed by atoms with Gasteiger partial charge in [0.1, 0.15) is 5.82 Å². The summed E-state index contributed by atoms with van der Waals surface area (Å²) in [6.45, 7) is 6.17. The lowest BCUT2D eigenvalue weighted by Gasteiger charge is -2.36. The van der Waals surface area contributed by atoms with Crippen molar-refractivity contribution in [3.63, 3.8) is 0 Å². The first-order chi connectivity index (χ1) is 14.1. The minimum Gasteiger partial charge on any atom is -0.373 e. The van der Waals surface area contributed by atoms with E-state index in [0.717, 1.165) is 68.2 Å². The number of aromatic nitrogens is 2. The number of carbonyl (C=O) groups is 2. The second-order valence-electron chi connectivity index (χ2n) is 8.38. The number of hydrogen-bond acceptors (Lipinski definition) is 6. The maximum absolute atomic E-state index is 13.1. The van der Waals surface area contributed by atoms with E-state index < -0.39 is 0 Å². The van der Waals surface area contributed by atoms with Crippen molar-refractivity contribution in [2.24, 2.45) is 0 Å². The quantitative estimate of drug-likeness (QED) is 0.826. The van der Waals surface area contributed by atoms with Crippen LogP contribution in [0, 0.1) is 0 Å². The van der Waals surface area contributed by atoms with E-state index in [1.165, 1.54) is 12.8 Å². The molecule has 1 aromatic rings. The average molecular weight is 401 g/mol. The van der Waals surface area contributed by atoms with Crippen LogP contribution in [-0.4, -0.2) is 76.3 Å². The maximum atomic E-state index is 13.1. The summed E-state index contributed by atoms with van der Waals surface area (Å²) in [6.07, 6.45) is 6.15. The van der Waals surface area contributed by atoms with Crippen LogP contribution in [0.1, 0.15) is 62.2 Å². The van der Waals surface area contributed by atoms with E-state index in [1.807, 2.05) is 16.8 Å². The molecule has 0 saturated carbocycles. The maximum Gasteiger partial charge on any atom is 0.237 e. The number of rotatable bonds is 4. The molecule has 8 nitrogen and oxygen atoms in total. The standard InChI is InChI=1S/C21H32N6O2/c1-15(28)26-12-8-17-16(13-26)20(22-2)24-21(23-17)18-7-3-4-11-27(18)19(29)14-25-9-5-6-10-25/h18H,3-14H2,1-2H3,(H,22,23,24)/t18-/m0/s1. The molecule has 4 heterocycles. The predicted molar refractivity (Wildman–Crippen MR) is 110 cm³/mol. The summed E-state index contributed by atoms with van der Waals surface area (Å²) in [5, 5.41) is 3.20. The molecule has 29 heavy (non-hydrogen) atoms. The van der Waals surface area contributed by atoms with Crippen LogP contribution in [-0.2, 0) is 22.6 Å². The number of amides is 2. The van der Waals surface area contributed by atoms with E-state index in [4.69, 9.17) is 9.97 Å². The zero-order chi connectivity index (χ0) is 20.4. The van der Waals surface area contributed by atoms with Gasteiger partial charge in [0.2, 0.25) is 11.8 Å². The van der Waals surface area contributed by atoms with E-state index in [-0.39, 0.29) is 17.9 Å². The van der Waals surface area contributed by atoms with Crippen molar-refractivity contribution in [1.82, 2.24) is 24.7 Å². The van der Waals surface area contributed by atoms with E-state index in [2.05, 4.69) is 10.2 Å². The van der Waals surface area contributed by atoms with E-state index in [9.17, 15) is 9.59 Å². The number of piperidine rings is 1. The molecule has 1 N–H and O–H groups in total. The van der Waals surface area contributed by atoms with Crippen LogP contribution in [0.25, 0.3) is 0 Å². The molecule has 0 aliphatic carbocycles. The largest absolute Gasteiger partial charge is 0.373 e. The van der Waals surface area contributed by atoms with Crippen LogP contribution >= 0.6 is 0 Å². The minimum absolute atomic E-state index is 0.0536. The summed E-state index contributed by atoms with van der Waals surface area (Å²) in [6, 6.07) is -0.0536. The number of nitrogens with zero attached hydrogens (tertiary/aromatic N) is 5. The molecule has 0 spiro atoms. The van der Waals surface area contributed by atoms with Gasteiger partial charge < -0.3 is 15.1 Å². The fourth-order valence-corrected chi connectivity index (χ4v) is 4.78. The summed E-state index contributed by atoms with van der Waals surface area (Å²) < 4.78 is 0. The van der Waals surface area contributed by atoms with Crippen LogP contribution in [0.5, 0.6) is 0 Å². The highest BCUT2D eigenvalue weighted by Crippen LogP contribution is 2.32. The molecule has 1 atom stereocenters. The smallest absolute Gasteiger partial charge is 0.237 e. The molecule has 2 fully saturated rings. The third-order valence-corrected chi connectivity index (χ3v) is 6.44. The number of hydrogen-bond donors (Lipinski definition) is 1. The van der Waals surface area contributed by atoms with Gasteiger partial charge in [-0.25, -0.2) is 9.97 Å². The van der Waals surface area contributed by atoms with Gasteiger partial charge in [-0.15, -0.1) is 0 Å². The van der Waals surface area contributed by atoms with Gasteiger partial charge in [0.15, 0.2) is 5.82 Å².